The van der Waals surface area contributed by atoms with Gasteiger partial charge in [-0.1, -0.05) is 49.6 Å². The molecule has 146 valence electrons. The van der Waals surface area contributed by atoms with Crippen molar-refractivity contribution < 1.29 is 13.9 Å². The smallest absolute Gasteiger partial charge is 0.348 e. The number of nitrogens with zero attached hydrogens (tertiary/aromatic N) is 3. The topological polar surface area (TPSA) is 53.1 Å². The molecule has 25 heavy (non-hydrogen) atoms. The number of hydrogen-bond acceptors (Lipinski definition) is 8. The van der Waals surface area contributed by atoms with E-state index in [4.69, 9.17) is 16.7 Å². The monoisotopic (exact) mass is 445 g/mol. The molecule has 2 fully saturated rings. The third kappa shape index (κ3) is 7.60. The average Bonchev–Trinajstić information content (AvgIpc) is 2.99. The molecule has 0 bridgehead atoms. The van der Waals surface area contributed by atoms with Crippen LogP contribution >= 0.6 is 53.8 Å². The number of carbonyl (C=O) groups excluding carboxylic acids is 1. The summed E-state index contributed by atoms with van der Waals surface area (Å²) in [6.45, 7) is 4.69. The van der Waals surface area contributed by atoms with Crippen molar-refractivity contribution in [3.63, 3.8) is 0 Å². The van der Waals surface area contributed by atoms with Crippen LogP contribution in [0.3, 0.4) is 0 Å². The Hall–Kier alpha value is 0.560. The number of rotatable bonds is 6. The van der Waals surface area contributed by atoms with Crippen molar-refractivity contribution in [2.75, 3.05) is 45.5 Å². The molecule has 0 aromatic rings. The fourth-order valence-corrected chi connectivity index (χ4v) is 9.26. The van der Waals surface area contributed by atoms with Gasteiger partial charge < -0.3 is 9.42 Å². The summed E-state index contributed by atoms with van der Waals surface area (Å²) in [7, 11) is 4.11. The normalized spacial score (nSPS) is 22.4. The maximum Gasteiger partial charge on any atom is 0.356 e. The Morgan fingerprint density at radius 3 is 2.48 bits per heavy atom. The molecule has 0 aromatic carbocycles. The molecule has 2 heterocycles. The van der Waals surface area contributed by atoms with Crippen LogP contribution in [0.4, 0.5) is 4.79 Å². The van der Waals surface area contributed by atoms with Crippen LogP contribution in [0.15, 0.2) is 0 Å². The zero-order valence-corrected chi connectivity index (χ0v) is 19.6. The van der Waals surface area contributed by atoms with Gasteiger partial charge in [0, 0.05) is 24.6 Å². The molecule has 1 amide bonds. The predicted molar refractivity (Wildman–Crippen MR) is 117 cm³/mol. The molecular formula is C14H28N3O3PS4. The lowest BCUT2D eigenvalue weighted by Gasteiger charge is -2.31. The van der Waals surface area contributed by atoms with Crippen LogP contribution < -0.4 is 0 Å². The SMILES string of the molecule is CCOP(=O)(SC(C)CC)N1CCSC1=O.CN1CSC(=S)N(C)C1. The van der Waals surface area contributed by atoms with Gasteiger partial charge in [-0.2, -0.15) is 0 Å². The Labute approximate surface area is 169 Å². The number of carbonyl (C=O) groups is 1. The van der Waals surface area contributed by atoms with Gasteiger partial charge in [-0.25, -0.2) is 0 Å². The molecule has 0 radical (unpaired) electrons. The fraction of sp³-hybridized carbons (Fsp3) is 0.857. The van der Waals surface area contributed by atoms with Gasteiger partial charge in [0.1, 0.15) is 4.32 Å². The second-order valence-electron chi connectivity index (χ2n) is 5.68. The van der Waals surface area contributed by atoms with Crippen molar-refractivity contribution in [3.05, 3.63) is 0 Å². The Morgan fingerprint density at radius 1 is 1.36 bits per heavy atom. The predicted octanol–water partition coefficient (Wildman–Crippen LogP) is 4.63. The van der Waals surface area contributed by atoms with Crippen molar-refractivity contribution in [1.82, 2.24) is 14.5 Å². The van der Waals surface area contributed by atoms with Crippen LogP contribution in [0.25, 0.3) is 0 Å². The first kappa shape index (κ1) is 23.6. The van der Waals surface area contributed by atoms with E-state index in [1.807, 2.05) is 20.9 Å². The lowest BCUT2D eigenvalue weighted by molar-refractivity contribution is 0.241. The highest BCUT2D eigenvalue weighted by atomic mass is 32.7. The Morgan fingerprint density at radius 2 is 2.04 bits per heavy atom. The Balaban J connectivity index is 0.000000293. The number of hydrogen-bond donors (Lipinski definition) is 0. The summed E-state index contributed by atoms with van der Waals surface area (Å²) in [5.74, 6) is 1.74. The van der Waals surface area contributed by atoms with Gasteiger partial charge in [-0.05, 0) is 31.8 Å². The summed E-state index contributed by atoms with van der Waals surface area (Å²) in [6, 6.07) is 0. The minimum Gasteiger partial charge on any atom is -0.348 e. The second-order valence-corrected chi connectivity index (χ2v) is 13.0. The summed E-state index contributed by atoms with van der Waals surface area (Å²) in [5.41, 5.74) is 0. The van der Waals surface area contributed by atoms with E-state index in [2.05, 4.69) is 16.8 Å². The Kier molecular flexibility index (Phi) is 10.8. The summed E-state index contributed by atoms with van der Waals surface area (Å²) in [6.07, 6.45) is 0.914. The van der Waals surface area contributed by atoms with E-state index >= 15 is 0 Å². The molecule has 0 N–H and O–H groups in total. The first-order valence-corrected chi connectivity index (χ1v) is 13.6. The molecule has 2 unspecified atom stereocenters. The van der Waals surface area contributed by atoms with Crippen molar-refractivity contribution in [2.45, 2.75) is 32.4 Å². The van der Waals surface area contributed by atoms with Crippen LogP contribution in [-0.2, 0) is 9.09 Å². The number of amides is 1. The highest BCUT2D eigenvalue weighted by Crippen LogP contribution is 2.65. The average molecular weight is 446 g/mol. The molecule has 2 saturated heterocycles. The zero-order valence-electron chi connectivity index (χ0n) is 15.5. The maximum atomic E-state index is 12.6. The van der Waals surface area contributed by atoms with Crippen molar-refractivity contribution in [2.24, 2.45) is 0 Å². The molecule has 2 atom stereocenters. The standard InChI is InChI=1S/C9H18NO3PS2.C5H10N2S2/c1-4-8(3)16-14(12,13-5-2)10-6-7-15-9(10)11;1-6-3-7(2)5(8)9-4-6/h8H,4-7H2,1-3H3;3-4H2,1-2H3. The van der Waals surface area contributed by atoms with Gasteiger partial charge in [0.2, 0.25) is 0 Å². The molecule has 2 aliphatic heterocycles. The van der Waals surface area contributed by atoms with E-state index in [0.717, 1.165) is 23.3 Å². The van der Waals surface area contributed by atoms with Crippen LogP contribution in [0.5, 0.6) is 0 Å². The molecule has 2 rings (SSSR count). The first-order chi connectivity index (χ1) is 11.7. The van der Waals surface area contributed by atoms with Gasteiger partial charge >= 0.3 is 6.72 Å². The van der Waals surface area contributed by atoms with Crippen LogP contribution in [0.2, 0.25) is 0 Å². The second kappa shape index (κ2) is 11.4. The summed E-state index contributed by atoms with van der Waals surface area (Å²) < 4.78 is 20.4. The fourth-order valence-electron chi connectivity index (χ4n) is 1.97. The van der Waals surface area contributed by atoms with Crippen LogP contribution in [-0.4, -0.2) is 74.8 Å². The number of thiocarbonyl (C=S) groups is 1. The molecular weight excluding hydrogens is 417 g/mol. The van der Waals surface area contributed by atoms with E-state index in [1.165, 1.54) is 27.8 Å². The van der Waals surface area contributed by atoms with Gasteiger partial charge in [0.05, 0.1) is 19.2 Å². The minimum atomic E-state index is -3.02. The van der Waals surface area contributed by atoms with Gasteiger partial charge in [-0.3, -0.25) is 18.9 Å². The third-order valence-corrected chi connectivity index (χ3v) is 11.5. The van der Waals surface area contributed by atoms with E-state index < -0.39 is 6.72 Å². The summed E-state index contributed by atoms with van der Waals surface area (Å²) in [5, 5.41) is 0.114. The maximum absolute atomic E-state index is 12.6. The van der Waals surface area contributed by atoms with E-state index in [-0.39, 0.29) is 10.5 Å². The van der Waals surface area contributed by atoms with E-state index in [1.54, 1.807) is 18.7 Å². The summed E-state index contributed by atoms with van der Waals surface area (Å²) >= 11 is 9.27. The lowest BCUT2D eigenvalue weighted by Crippen LogP contribution is -2.40. The Bertz CT molecular complexity index is 512. The number of thioether (sulfide) groups is 2. The highest BCUT2D eigenvalue weighted by Gasteiger charge is 2.40. The molecule has 0 aliphatic carbocycles. The van der Waals surface area contributed by atoms with Gasteiger partial charge in [0.25, 0.3) is 5.24 Å². The van der Waals surface area contributed by atoms with Crippen LogP contribution in [0, 0.1) is 0 Å². The molecule has 6 nitrogen and oxygen atoms in total. The zero-order chi connectivity index (χ0) is 19.0. The molecule has 0 saturated carbocycles. The van der Waals surface area contributed by atoms with Crippen molar-refractivity contribution in [1.29, 1.82) is 0 Å². The highest BCUT2D eigenvalue weighted by molar-refractivity contribution is 8.56. The first-order valence-electron chi connectivity index (χ1n) is 8.17. The summed E-state index contributed by atoms with van der Waals surface area (Å²) in [4.78, 5) is 15.9. The third-order valence-electron chi connectivity index (χ3n) is 3.39. The molecule has 11 heteroatoms. The quantitative estimate of drug-likeness (QED) is 0.430. The van der Waals surface area contributed by atoms with E-state index in [9.17, 15) is 9.36 Å². The minimum absolute atomic E-state index is 0.118. The van der Waals surface area contributed by atoms with Crippen molar-refractivity contribution >= 4 is 63.4 Å². The van der Waals surface area contributed by atoms with E-state index in [0.29, 0.717) is 18.9 Å². The molecule has 0 aromatic heterocycles. The largest absolute Gasteiger partial charge is 0.356 e. The molecule has 0 spiro atoms. The van der Waals surface area contributed by atoms with Gasteiger partial charge in [-0.15, -0.1) is 0 Å². The molecule has 2 aliphatic rings. The van der Waals surface area contributed by atoms with Crippen molar-refractivity contribution in [3.8, 4) is 0 Å². The lowest BCUT2D eigenvalue weighted by atomic mass is 10.4. The van der Waals surface area contributed by atoms with Crippen LogP contribution in [0.1, 0.15) is 27.2 Å². The van der Waals surface area contributed by atoms with Gasteiger partial charge in [0.15, 0.2) is 0 Å².